The molecule has 0 radical (unpaired) electrons. The van der Waals surface area contributed by atoms with Crippen molar-refractivity contribution in [3.8, 4) is 28.7 Å². The van der Waals surface area contributed by atoms with Crippen molar-refractivity contribution >= 4 is 0 Å². The summed E-state index contributed by atoms with van der Waals surface area (Å²) in [6.07, 6.45) is 0.755. The topological polar surface area (TPSA) is 118 Å². The number of hydrogen-bond donors (Lipinski definition) is 4. The highest BCUT2D eigenvalue weighted by Gasteiger charge is 2.39. The van der Waals surface area contributed by atoms with Crippen molar-refractivity contribution in [1.82, 2.24) is 0 Å². The minimum Gasteiger partial charge on any atom is -0.504 e. The summed E-state index contributed by atoms with van der Waals surface area (Å²) in [6, 6.07) is 8.56. The largest absolute Gasteiger partial charge is 0.504 e. The lowest BCUT2D eigenvalue weighted by atomic mass is 9.82. The van der Waals surface area contributed by atoms with E-state index in [2.05, 4.69) is 0 Å². The second-order valence-electron chi connectivity index (χ2n) is 7.98. The van der Waals surface area contributed by atoms with E-state index in [-0.39, 0.29) is 41.6 Å². The van der Waals surface area contributed by atoms with Crippen molar-refractivity contribution in [3.63, 3.8) is 0 Å². The van der Waals surface area contributed by atoms with Crippen LogP contribution in [-0.2, 0) is 11.2 Å². The number of aromatic hydroxyl groups is 2. The number of aliphatic hydroxyl groups excluding tert-OH is 2. The number of rotatable bonds is 9. The molecule has 0 aliphatic carbocycles. The summed E-state index contributed by atoms with van der Waals surface area (Å²) in [5, 5.41) is 40.5. The third kappa shape index (κ3) is 5.20. The van der Waals surface area contributed by atoms with Crippen LogP contribution in [0.5, 0.6) is 28.7 Å². The quantitative estimate of drug-likeness (QED) is 0.463. The van der Waals surface area contributed by atoms with Gasteiger partial charge in [0.25, 0.3) is 0 Å². The summed E-state index contributed by atoms with van der Waals surface area (Å²) in [7, 11) is 4.41. The maximum Gasteiger partial charge on any atom is 0.200 e. The first kappa shape index (κ1) is 24.0. The van der Waals surface area contributed by atoms with Crippen LogP contribution in [0.4, 0.5) is 0 Å². The highest BCUT2D eigenvalue weighted by Crippen LogP contribution is 2.45. The first-order valence-corrected chi connectivity index (χ1v) is 10.7. The molecule has 8 nitrogen and oxygen atoms in total. The van der Waals surface area contributed by atoms with Gasteiger partial charge in [-0.3, -0.25) is 0 Å². The standard InChI is InChI=1S/C24H32O8/c1-29-20-10-14(5-7-18(20)26)4-6-16-13-19(27)17(8-9-25)24(32-16)15-11-21(30-2)23(28)22(12-15)31-3/h5,7,10-12,16-17,19,24-28H,4,6,8-9,13H2,1-3H3/t16-,17+,19+,24-/m1/s1. The van der Waals surface area contributed by atoms with Crippen LogP contribution in [0.15, 0.2) is 30.3 Å². The Balaban J connectivity index is 1.82. The highest BCUT2D eigenvalue weighted by atomic mass is 16.5. The number of hydrogen-bond acceptors (Lipinski definition) is 8. The molecule has 3 rings (SSSR count). The molecule has 0 spiro atoms. The molecule has 0 unspecified atom stereocenters. The molecule has 8 heteroatoms. The molecule has 2 aromatic carbocycles. The molecule has 0 aromatic heterocycles. The first-order valence-electron chi connectivity index (χ1n) is 10.7. The smallest absolute Gasteiger partial charge is 0.200 e. The van der Waals surface area contributed by atoms with E-state index < -0.39 is 12.2 Å². The van der Waals surface area contributed by atoms with Gasteiger partial charge in [0.2, 0.25) is 5.75 Å². The predicted molar refractivity (Wildman–Crippen MR) is 118 cm³/mol. The Morgan fingerprint density at radius 2 is 1.59 bits per heavy atom. The number of phenolic OH excluding ortho intramolecular Hbond substituents is 2. The molecule has 1 heterocycles. The minimum absolute atomic E-state index is 0.0775. The van der Waals surface area contributed by atoms with Crippen molar-refractivity contribution in [3.05, 3.63) is 41.5 Å². The Morgan fingerprint density at radius 1 is 0.938 bits per heavy atom. The number of methoxy groups -OCH3 is 3. The Morgan fingerprint density at radius 3 is 2.19 bits per heavy atom. The van der Waals surface area contributed by atoms with Crippen LogP contribution in [0, 0.1) is 5.92 Å². The molecule has 1 aliphatic heterocycles. The lowest BCUT2D eigenvalue weighted by Gasteiger charge is -2.40. The van der Waals surface area contributed by atoms with Crippen LogP contribution in [0.2, 0.25) is 0 Å². The highest BCUT2D eigenvalue weighted by molar-refractivity contribution is 5.53. The fraction of sp³-hybridized carbons (Fsp3) is 0.500. The Bertz CT molecular complexity index is 875. The SMILES string of the molecule is COc1cc(CC[C@@H]2C[C@H](O)[C@H](CCO)[C@@H](c3cc(OC)c(O)c(OC)c3)O2)ccc1O. The lowest BCUT2D eigenvalue weighted by Crippen LogP contribution is -2.40. The molecule has 0 saturated carbocycles. The van der Waals surface area contributed by atoms with Gasteiger partial charge in [-0.1, -0.05) is 6.07 Å². The number of aliphatic hydroxyl groups is 2. The van der Waals surface area contributed by atoms with E-state index in [1.165, 1.54) is 21.3 Å². The molecule has 1 fully saturated rings. The van der Waals surface area contributed by atoms with E-state index in [0.717, 1.165) is 5.56 Å². The summed E-state index contributed by atoms with van der Waals surface area (Å²) in [6.45, 7) is -0.0775. The molecule has 1 aliphatic rings. The first-order chi connectivity index (χ1) is 15.4. The van der Waals surface area contributed by atoms with Gasteiger partial charge in [-0.05, 0) is 61.1 Å². The van der Waals surface area contributed by atoms with E-state index in [1.807, 2.05) is 6.07 Å². The van der Waals surface area contributed by atoms with Crippen molar-refractivity contribution in [2.75, 3.05) is 27.9 Å². The number of benzene rings is 2. The third-order valence-corrected chi connectivity index (χ3v) is 6.02. The molecule has 1 saturated heterocycles. The number of phenols is 2. The van der Waals surface area contributed by atoms with Gasteiger partial charge >= 0.3 is 0 Å². The normalized spacial score (nSPS) is 23.0. The molecule has 4 atom stereocenters. The molecule has 32 heavy (non-hydrogen) atoms. The zero-order valence-electron chi connectivity index (χ0n) is 18.7. The number of aryl methyl sites for hydroxylation is 1. The second kappa shape index (κ2) is 10.8. The summed E-state index contributed by atoms with van der Waals surface area (Å²) in [5.74, 6) is 0.576. The van der Waals surface area contributed by atoms with Gasteiger partial charge in [-0.25, -0.2) is 0 Å². The molecular formula is C24H32O8. The van der Waals surface area contributed by atoms with Crippen LogP contribution < -0.4 is 14.2 Å². The van der Waals surface area contributed by atoms with Crippen molar-refractivity contribution in [2.24, 2.45) is 5.92 Å². The van der Waals surface area contributed by atoms with E-state index in [1.54, 1.807) is 24.3 Å². The fourth-order valence-electron chi connectivity index (χ4n) is 4.30. The van der Waals surface area contributed by atoms with Crippen LogP contribution in [-0.4, -0.2) is 60.6 Å². The van der Waals surface area contributed by atoms with E-state index in [4.69, 9.17) is 18.9 Å². The van der Waals surface area contributed by atoms with Crippen molar-refractivity contribution in [1.29, 1.82) is 0 Å². The van der Waals surface area contributed by atoms with Gasteiger partial charge in [0, 0.05) is 12.5 Å². The Kier molecular flexibility index (Phi) is 8.06. The fourth-order valence-corrected chi connectivity index (χ4v) is 4.30. The van der Waals surface area contributed by atoms with Crippen LogP contribution >= 0.6 is 0 Å². The average Bonchev–Trinajstić information content (AvgIpc) is 2.80. The van der Waals surface area contributed by atoms with Crippen molar-refractivity contribution < 1.29 is 39.4 Å². The third-order valence-electron chi connectivity index (χ3n) is 6.02. The number of ether oxygens (including phenoxy) is 4. The van der Waals surface area contributed by atoms with Crippen LogP contribution in [0.25, 0.3) is 0 Å². The maximum absolute atomic E-state index is 10.9. The molecule has 0 amide bonds. The van der Waals surface area contributed by atoms with Gasteiger partial charge in [0.1, 0.15) is 0 Å². The van der Waals surface area contributed by atoms with Gasteiger partial charge in [0.05, 0.1) is 39.6 Å². The van der Waals surface area contributed by atoms with Crippen molar-refractivity contribution in [2.45, 2.75) is 44.0 Å². The van der Waals surface area contributed by atoms with Gasteiger partial charge in [0.15, 0.2) is 23.0 Å². The van der Waals surface area contributed by atoms with E-state index in [9.17, 15) is 20.4 Å². The van der Waals surface area contributed by atoms with E-state index in [0.29, 0.717) is 37.0 Å². The second-order valence-corrected chi connectivity index (χ2v) is 7.98. The molecule has 4 N–H and O–H groups in total. The molecular weight excluding hydrogens is 416 g/mol. The van der Waals surface area contributed by atoms with Crippen LogP contribution in [0.3, 0.4) is 0 Å². The molecule has 2 aromatic rings. The molecule has 176 valence electrons. The minimum atomic E-state index is -0.661. The maximum atomic E-state index is 10.9. The Hall–Kier alpha value is -2.68. The molecule has 0 bridgehead atoms. The predicted octanol–water partition coefficient (Wildman–Crippen LogP) is 2.95. The summed E-state index contributed by atoms with van der Waals surface area (Å²) in [4.78, 5) is 0. The lowest BCUT2D eigenvalue weighted by molar-refractivity contribution is -0.144. The zero-order chi connectivity index (χ0) is 23.3. The van der Waals surface area contributed by atoms with Crippen LogP contribution in [0.1, 0.15) is 36.5 Å². The average molecular weight is 449 g/mol. The van der Waals surface area contributed by atoms with Gasteiger partial charge in [-0.15, -0.1) is 0 Å². The van der Waals surface area contributed by atoms with E-state index >= 15 is 0 Å². The summed E-state index contributed by atoms with van der Waals surface area (Å²) < 4.78 is 22.1. The Labute approximate surface area is 187 Å². The zero-order valence-corrected chi connectivity index (χ0v) is 18.7. The van der Waals surface area contributed by atoms with Gasteiger partial charge < -0.3 is 39.4 Å². The summed E-state index contributed by atoms with van der Waals surface area (Å²) >= 11 is 0. The monoisotopic (exact) mass is 448 g/mol. The van der Waals surface area contributed by atoms with Gasteiger partial charge in [-0.2, -0.15) is 0 Å². The summed E-state index contributed by atoms with van der Waals surface area (Å²) in [5.41, 5.74) is 1.68.